The Labute approximate surface area is 201 Å². The summed E-state index contributed by atoms with van der Waals surface area (Å²) in [6.45, 7) is 1.74. The van der Waals surface area contributed by atoms with Gasteiger partial charge in [0.1, 0.15) is 12.3 Å². The molecule has 0 fully saturated rings. The van der Waals surface area contributed by atoms with E-state index in [2.05, 4.69) is 17.4 Å². The van der Waals surface area contributed by atoms with Crippen LogP contribution >= 0.6 is 11.3 Å². The molecule has 0 saturated heterocycles. The van der Waals surface area contributed by atoms with Crippen LogP contribution in [0.3, 0.4) is 0 Å². The molecular formula is C27H23N3O3S. The number of amides is 2. The molecule has 1 N–H and O–H groups in total. The van der Waals surface area contributed by atoms with E-state index in [-0.39, 0.29) is 25.0 Å². The average molecular weight is 470 g/mol. The van der Waals surface area contributed by atoms with E-state index in [1.807, 2.05) is 73.0 Å². The fourth-order valence-corrected chi connectivity index (χ4v) is 4.71. The topological polar surface area (TPSA) is 71.5 Å². The van der Waals surface area contributed by atoms with Crippen LogP contribution in [-0.2, 0) is 16.0 Å². The Morgan fingerprint density at radius 2 is 1.88 bits per heavy atom. The van der Waals surface area contributed by atoms with Gasteiger partial charge in [0.05, 0.1) is 16.4 Å². The molecule has 7 heteroatoms. The van der Waals surface area contributed by atoms with Crippen molar-refractivity contribution >= 4 is 34.5 Å². The Balaban J connectivity index is 1.37. The van der Waals surface area contributed by atoms with Crippen molar-refractivity contribution in [2.24, 2.45) is 0 Å². The molecule has 0 bridgehead atoms. The number of anilines is 2. The van der Waals surface area contributed by atoms with Crippen LogP contribution in [0.25, 0.3) is 11.3 Å². The SMILES string of the molecule is Cc1ccccc1NC(=O)CN1C(=O)COc2ccc(-c3csc(Cc4ccccc4)n3)cc21. The van der Waals surface area contributed by atoms with Crippen LogP contribution in [0.2, 0.25) is 0 Å². The lowest BCUT2D eigenvalue weighted by Crippen LogP contribution is -2.43. The molecule has 0 saturated carbocycles. The average Bonchev–Trinajstić information content (AvgIpc) is 3.31. The summed E-state index contributed by atoms with van der Waals surface area (Å²) in [7, 11) is 0. The van der Waals surface area contributed by atoms with Crippen LogP contribution in [0, 0.1) is 6.92 Å². The molecule has 34 heavy (non-hydrogen) atoms. The Morgan fingerprint density at radius 3 is 2.71 bits per heavy atom. The number of nitrogens with one attached hydrogen (secondary N) is 1. The molecule has 0 radical (unpaired) electrons. The number of aryl methyl sites for hydroxylation is 1. The van der Waals surface area contributed by atoms with Gasteiger partial charge < -0.3 is 10.1 Å². The fourth-order valence-electron chi connectivity index (χ4n) is 3.88. The van der Waals surface area contributed by atoms with E-state index in [4.69, 9.17) is 9.72 Å². The van der Waals surface area contributed by atoms with Crippen LogP contribution in [0.5, 0.6) is 5.75 Å². The molecule has 3 aromatic carbocycles. The Morgan fingerprint density at radius 1 is 1.09 bits per heavy atom. The lowest BCUT2D eigenvalue weighted by Gasteiger charge is -2.29. The van der Waals surface area contributed by atoms with Gasteiger partial charge in [-0.05, 0) is 42.3 Å². The number of para-hydroxylation sites is 1. The van der Waals surface area contributed by atoms with Crippen molar-refractivity contribution in [1.82, 2.24) is 4.98 Å². The first kappa shape index (κ1) is 21.9. The quantitative estimate of drug-likeness (QED) is 0.428. The highest BCUT2D eigenvalue weighted by Crippen LogP contribution is 2.36. The Hall–Kier alpha value is -3.97. The first-order chi connectivity index (χ1) is 16.6. The van der Waals surface area contributed by atoms with Gasteiger partial charge in [0.15, 0.2) is 6.61 Å². The number of nitrogens with zero attached hydrogens (tertiary/aromatic N) is 2. The minimum absolute atomic E-state index is 0.0939. The van der Waals surface area contributed by atoms with Gasteiger partial charge in [0, 0.05) is 23.1 Å². The molecule has 0 unspecified atom stereocenters. The fraction of sp³-hybridized carbons (Fsp3) is 0.148. The zero-order valence-electron chi connectivity index (χ0n) is 18.7. The highest BCUT2D eigenvalue weighted by atomic mass is 32.1. The van der Waals surface area contributed by atoms with Gasteiger partial charge in [-0.3, -0.25) is 14.5 Å². The highest BCUT2D eigenvalue weighted by molar-refractivity contribution is 7.10. The van der Waals surface area contributed by atoms with Gasteiger partial charge in [-0.1, -0.05) is 48.5 Å². The van der Waals surface area contributed by atoms with Crippen molar-refractivity contribution in [3.05, 3.63) is 94.3 Å². The number of aromatic nitrogens is 1. The summed E-state index contributed by atoms with van der Waals surface area (Å²) in [5.74, 6) is 0.0547. The predicted molar refractivity (Wildman–Crippen MR) is 134 cm³/mol. The second kappa shape index (κ2) is 9.49. The van der Waals surface area contributed by atoms with Gasteiger partial charge in [-0.25, -0.2) is 4.98 Å². The van der Waals surface area contributed by atoms with E-state index >= 15 is 0 Å². The monoisotopic (exact) mass is 469 g/mol. The minimum Gasteiger partial charge on any atom is -0.482 e. The molecule has 4 aromatic rings. The summed E-state index contributed by atoms with van der Waals surface area (Å²) >= 11 is 1.60. The maximum absolute atomic E-state index is 12.8. The number of hydrogen-bond acceptors (Lipinski definition) is 5. The van der Waals surface area contributed by atoms with E-state index < -0.39 is 0 Å². The van der Waals surface area contributed by atoms with Gasteiger partial charge in [0.2, 0.25) is 5.91 Å². The Kier molecular flexibility index (Phi) is 6.10. The van der Waals surface area contributed by atoms with E-state index in [1.54, 1.807) is 11.3 Å². The first-order valence-corrected chi connectivity index (χ1v) is 11.9. The Bertz CT molecular complexity index is 1350. The standard InChI is InChI=1S/C27H23N3O3S/c1-18-7-5-6-10-21(18)28-25(31)15-30-23-14-20(11-12-24(23)33-16-27(30)32)22-17-34-26(29-22)13-19-8-3-2-4-9-19/h2-12,14,17H,13,15-16H2,1H3,(H,28,31). The summed E-state index contributed by atoms with van der Waals surface area (Å²) in [6, 6.07) is 23.4. The van der Waals surface area contributed by atoms with Gasteiger partial charge >= 0.3 is 0 Å². The predicted octanol–water partition coefficient (Wildman–Crippen LogP) is 5.07. The molecule has 1 aliphatic heterocycles. The van der Waals surface area contributed by atoms with Crippen molar-refractivity contribution in [3.63, 3.8) is 0 Å². The largest absolute Gasteiger partial charge is 0.482 e. The number of ether oxygens (including phenoxy) is 1. The molecule has 0 atom stereocenters. The van der Waals surface area contributed by atoms with Crippen molar-refractivity contribution < 1.29 is 14.3 Å². The third kappa shape index (κ3) is 4.70. The smallest absolute Gasteiger partial charge is 0.265 e. The summed E-state index contributed by atoms with van der Waals surface area (Å²) in [5, 5.41) is 5.93. The first-order valence-electron chi connectivity index (χ1n) is 11.0. The van der Waals surface area contributed by atoms with Crippen LogP contribution in [0.1, 0.15) is 16.1 Å². The zero-order chi connectivity index (χ0) is 23.5. The molecular weight excluding hydrogens is 446 g/mol. The van der Waals surface area contributed by atoms with Crippen molar-refractivity contribution in [1.29, 1.82) is 0 Å². The summed E-state index contributed by atoms with van der Waals surface area (Å²) in [4.78, 5) is 31.7. The normalized spacial score (nSPS) is 12.7. The summed E-state index contributed by atoms with van der Waals surface area (Å²) in [5.41, 5.74) is 5.18. The third-order valence-electron chi connectivity index (χ3n) is 5.67. The second-order valence-electron chi connectivity index (χ2n) is 8.10. The third-order valence-corrected chi connectivity index (χ3v) is 6.52. The molecule has 170 valence electrons. The van der Waals surface area contributed by atoms with Gasteiger partial charge in [-0.15, -0.1) is 11.3 Å². The molecule has 6 nitrogen and oxygen atoms in total. The highest BCUT2D eigenvalue weighted by Gasteiger charge is 2.28. The minimum atomic E-state index is -0.264. The van der Waals surface area contributed by atoms with E-state index in [0.717, 1.165) is 33.9 Å². The van der Waals surface area contributed by atoms with Crippen LogP contribution in [0.4, 0.5) is 11.4 Å². The number of carbonyl (C=O) groups is 2. The van der Waals surface area contributed by atoms with E-state index in [1.165, 1.54) is 10.5 Å². The van der Waals surface area contributed by atoms with Crippen LogP contribution in [-0.4, -0.2) is 29.9 Å². The molecule has 5 rings (SSSR count). The molecule has 2 heterocycles. The van der Waals surface area contributed by atoms with Crippen molar-refractivity contribution in [2.45, 2.75) is 13.3 Å². The molecule has 1 aliphatic rings. The van der Waals surface area contributed by atoms with E-state index in [0.29, 0.717) is 11.4 Å². The molecule has 0 aliphatic carbocycles. The summed E-state index contributed by atoms with van der Waals surface area (Å²) < 4.78 is 5.62. The van der Waals surface area contributed by atoms with E-state index in [9.17, 15) is 9.59 Å². The van der Waals surface area contributed by atoms with Crippen LogP contribution < -0.4 is 15.0 Å². The maximum atomic E-state index is 12.8. The molecule has 1 aromatic heterocycles. The maximum Gasteiger partial charge on any atom is 0.265 e. The zero-order valence-corrected chi connectivity index (χ0v) is 19.5. The van der Waals surface area contributed by atoms with Crippen molar-refractivity contribution in [2.75, 3.05) is 23.4 Å². The van der Waals surface area contributed by atoms with Crippen LogP contribution in [0.15, 0.2) is 78.2 Å². The van der Waals surface area contributed by atoms with Gasteiger partial charge in [-0.2, -0.15) is 0 Å². The number of benzene rings is 3. The lowest BCUT2D eigenvalue weighted by molar-refractivity contribution is -0.123. The van der Waals surface area contributed by atoms with Gasteiger partial charge in [0.25, 0.3) is 5.91 Å². The summed E-state index contributed by atoms with van der Waals surface area (Å²) in [6.07, 6.45) is 0.767. The lowest BCUT2D eigenvalue weighted by atomic mass is 10.1. The number of hydrogen-bond donors (Lipinski definition) is 1. The number of rotatable bonds is 6. The second-order valence-corrected chi connectivity index (χ2v) is 9.05. The van der Waals surface area contributed by atoms with Crippen molar-refractivity contribution in [3.8, 4) is 17.0 Å². The molecule has 2 amide bonds. The number of carbonyl (C=O) groups excluding carboxylic acids is 2. The number of thiazole rings is 1. The number of fused-ring (bicyclic) bond motifs is 1. The molecule has 0 spiro atoms.